The van der Waals surface area contributed by atoms with E-state index in [2.05, 4.69) is 28.8 Å². The van der Waals surface area contributed by atoms with Crippen LogP contribution in [-0.4, -0.2) is 40.0 Å². The first-order chi connectivity index (χ1) is 14.0. The van der Waals surface area contributed by atoms with Gasteiger partial charge in [-0.2, -0.15) is 0 Å². The zero-order valence-electron chi connectivity index (χ0n) is 17.6. The minimum absolute atomic E-state index is 0.0940. The second kappa shape index (κ2) is 8.37. The number of nitrogens with zero attached hydrogens (tertiary/aromatic N) is 3. The molecular formula is C24H30N4O. The Bertz CT molecular complexity index is 1010. The third-order valence-corrected chi connectivity index (χ3v) is 6.04. The van der Waals surface area contributed by atoms with E-state index >= 15 is 0 Å². The highest BCUT2D eigenvalue weighted by Crippen LogP contribution is 2.22. The molecule has 1 aromatic heterocycles. The highest BCUT2D eigenvalue weighted by atomic mass is 16.1. The standard InChI is InChI=1S/C24H30N4O/c1-17-9-12-28(13-10-17)14-11-23-26-21-16-20(7-8-22(21)27(23)3)25-24(29)19-6-4-5-18(2)15-19/h4-8,15-17H,9-14H2,1-3H3,(H,25,29). The van der Waals surface area contributed by atoms with Crippen LogP contribution < -0.4 is 5.32 Å². The Morgan fingerprint density at radius 1 is 1.17 bits per heavy atom. The maximum atomic E-state index is 12.5. The number of amides is 1. The molecule has 152 valence electrons. The molecule has 0 aliphatic carbocycles. The maximum Gasteiger partial charge on any atom is 0.255 e. The number of imidazole rings is 1. The molecule has 0 radical (unpaired) electrons. The Labute approximate surface area is 172 Å². The summed E-state index contributed by atoms with van der Waals surface area (Å²) in [5.41, 5.74) is 4.55. The van der Waals surface area contributed by atoms with Crippen LogP contribution >= 0.6 is 0 Å². The molecule has 1 amide bonds. The number of carbonyl (C=O) groups is 1. The van der Waals surface area contributed by atoms with Gasteiger partial charge in [0.15, 0.2) is 0 Å². The van der Waals surface area contributed by atoms with E-state index in [1.165, 1.54) is 25.9 Å². The fourth-order valence-corrected chi connectivity index (χ4v) is 4.08. The number of fused-ring (bicyclic) bond motifs is 1. The number of hydrogen-bond donors (Lipinski definition) is 1. The van der Waals surface area contributed by atoms with Crippen LogP contribution in [0.25, 0.3) is 11.0 Å². The Morgan fingerprint density at radius 3 is 2.72 bits per heavy atom. The number of piperidine rings is 1. The number of carbonyl (C=O) groups excluding carboxylic acids is 1. The summed E-state index contributed by atoms with van der Waals surface area (Å²) in [7, 11) is 2.08. The Hall–Kier alpha value is -2.66. The van der Waals surface area contributed by atoms with Gasteiger partial charge in [-0.05, 0) is 69.1 Å². The molecule has 0 bridgehead atoms. The Morgan fingerprint density at radius 2 is 1.97 bits per heavy atom. The van der Waals surface area contributed by atoms with Crippen molar-refractivity contribution >= 4 is 22.6 Å². The van der Waals surface area contributed by atoms with Crippen LogP contribution in [-0.2, 0) is 13.5 Å². The van der Waals surface area contributed by atoms with Crippen LogP contribution in [0.3, 0.4) is 0 Å². The molecule has 3 aromatic rings. The molecule has 2 aromatic carbocycles. The normalized spacial score (nSPS) is 15.7. The van der Waals surface area contributed by atoms with Crippen LogP contribution in [0.4, 0.5) is 5.69 Å². The molecule has 4 rings (SSSR count). The van der Waals surface area contributed by atoms with Crippen molar-refractivity contribution in [2.45, 2.75) is 33.1 Å². The maximum absolute atomic E-state index is 12.5. The number of nitrogens with one attached hydrogen (secondary N) is 1. The molecule has 2 heterocycles. The quantitative estimate of drug-likeness (QED) is 0.702. The largest absolute Gasteiger partial charge is 0.331 e. The third kappa shape index (κ3) is 4.51. The highest BCUT2D eigenvalue weighted by molar-refractivity contribution is 6.05. The second-order valence-corrected chi connectivity index (χ2v) is 8.39. The topological polar surface area (TPSA) is 50.2 Å². The van der Waals surface area contributed by atoms with Gasteiger partial charge in [0.1, 0.15) is 5.82 Å². The first-order valence-corrected chi connectivity index (χ1v) is 10.6. The average Bonchev–Trinajstić information content (AvgIpc) is 3.02. The van der Waals surface area contributed by atoms with Crippen molar-refractivity contribution in [3.63, 3.8) is 0 Å². The molecule has 0 atom stereocenters. The molecule has 1 aliphatic heterocycles. The summed E-state index contributed by atoms with van der Waals surface area (Å²) in [6.07, 6.45) is 3.55. The van der Waals surface area contributed by atoms with Crippen molar-refractivity contribution in [2.24, 2.45) is 13.0 Å². The lowest BCUT2D eigenvalue weighted by Crippen LogP contribution is -2.34. The van der Waals surface area contributed by atoms with E-state index in [0.29, 0.717) is 5.56 Å². The molecule has 0 saturated carbocycles. The summed E-state index contributed by atoms with van der Waals surface area (Å²) < 4.78 is 2.17. The fourth-order valence-electron chi connectivity index (χ4n) is 4.08. The van der Waals surface area contributed by atoms with E-state index in [1.807, 2.05) is 49.4 Å². The van der Waals surface area contributed by atoms with E-state index in [-0.39, 0.29) is 5.91 Å². The van der Waals surface area contributed by atoms with Gasteiger partial charge in [-0.3, -0.25) is 4.79 Å². The minimum atomic E-state index is -0.0940. The number of rotatable bonds is 5. The summed E-state index contributed by atoms with van der Waals surface area (Å²) in [4.78, 5) is 19.9. The second-order valence-electron chi connectivity index (χ2n) is 8.39. The predicted molar refractivity (Wildman–Crippen MR) is 118 cm³/mol. The van der Waals surface area contributed by atoms with E-state index in [4.69, 9.17) is 4.98 Å². The molecule has 1 fully saturated rings. The van der Waals surface area contributed by atoms with Crippen LogP contribution in [0.2, 0.25) is 0 Å². The van der Waals surface area contributed by atoms with Gasteiger partial charge in [0, 0.05) is 31.3 Å². The van der Waals surface area contributed by atoms with Crippen molar-refractivity contribution in [2.75, 3.05) is 25.0 Å². The average molecular weight is 391 g/mol. The molecular weight excluding hydrogens is 360 g/mol. The summed E-state index contributed by atoms with van der Waals surface area (Å²) in [5, 5.41) is 3.00. The number of anilines is 1. The number of hydrogen-bond acceptors (Lipinski definition) is 3. The summed E-state index contributed by atoms with van der Waals surface area (Å²) in [6.45, 7) is 7.78. The van der Waals surface area contributed by atoms with Crippen molar-refractivity contribution in [3.8, 4) is 0 Å². The van der Waals surface area contributed by atoms with Gasteiger partial charge in [0.05, 0.1) is 11.0 Å². The van der Waals surface area contributed by atoms with Gasteiger partial charge in [-0.25, -0.2) is 4.98 Å². The predicted octanol–water partition coefficient (Wildman–Crippen LogP) is 4.41. The molecule has 5 nitrogen and oxygen atoms in total. The van der Waals surface area contributed by atoms with Crippen LogP contribution in [0.1, 0.15) is 41.5 Å². The summed E-state index contributed by atoms with van der Waals surface area (Å²) >= 11 is 0. The summed E-state index contributed by atoms with van der Waals surface area (Å²) in [6, 6.07) is 13.6. The minimum Gasteiger partial charge on any atom is -0.331 e. The van der Waals surface area contributed by atoms with Gasteiger partial charge in [0.2, 0.25) is 0 Å². The molecule has 0 unspecified atom stereocenters. The van der Waals surface area contributed by atoms with E-state index in [0.717, 1.165) is 47.0 Å². The molecule has 0 spiro atoms. The highest BCUT2D eigenvalue weighted by Gasteiger charge is 2.17. The molecule has 1 N–H and O–H groups in total. The molecule has 5 heteroatoms. The number of benzene rings is 2. The zero-order valence-corrected chi connectivity index (χ0v) is 17.6. The monoisotopic (exact) mass is 390 g/mol. The van der Waals surface area contributed by atoms with Gasteiger partial charge in [-0.15, -0.1) is 0 Å². The summed E-state index contributed by atoms with van der Waals surface area (Å²) in [5.74, 6) is 1.86. The van der Waals surface area contributed by atoms with Crippen LogP contribution in [0.15, 0.2) is 42.5 Å². The van der Waals surface area contributed by atoms with Crippen molar-refractivity contribution in [1.29, 1.82) is 0 Å². The number of aromatic nitrogens is 2. The SMILES string of the molecule is Cc1cccc(C(=O)Nc2ccc3c(c2)nc(CCN2CCC(C)CC2)n3C)c1. The van der Waals surface area contributed by atoms with Crippen LogP contribution in [0.5, 0.6) is 0 Å². The van der Waals surface area contributed by atoms with Crippen molar-refractivity contribution < 1.29 is 4.79 Å². The van der Waals surface area contributed by atoms with Crippen molar-refractivity contribution in [1.82, 2.24) is 14.5 Å². The van der Waals surface area contributed by atoms with Gasteiger partial charge in [0.25, 0.3) is 5.91 Å². The third-order valence-electron chi connectivity index (χ3n) is 6.04. The first kappa shape index (κ1) is 19.6. The lowest BCUT2D eigenvalue weighted by atomic mass is 9.99. The van der Waals surface area contributed by atoms with Gasteiger partial charge in [-0.1, -0.05) is 24.6 Å². The lowest BCUT2D eigenvalue weighted by Gasteiger charge is -2.29. The van der Waals surface area contributed by atoms with Gasteiger partial charge < -0.3 is 14.8 Å². The smallest absolute Gasteiger partial charge is 0.255 e. The fraction of sp³-hybridized carbons (Fsp3) is 0.417. The number of aryl methyl sites for hydroxylation is 2. The first-order valence-electron chi connectivity index (χ1n) is 10.6. The van der Waals surface area contributed by atoms with Gasteiger partial charge >= 0.3 is 0 Å². The number of likely N-dealkylation sites (tertiary alicyclic amines) is 1. The van der Waals surface area contributed by atoms with E-state index < -0.39 is 0 Å². The molecule has 29 heavy (non-hydrogen) atoms. The Balaban J connectivity index is 1.46. The van der Waals surface area contributed by atoms with E-state index in [1.54, 1.807) is 0 Å². The molecule has 1 aliphatic rings. The zero-order chi connectivity index (χ0) is 20.4. The van der Waals surface area contributed by atoms with Crippen LogP contribution in [0, 0.1) is 12.8 Å². The van der Waals surface area contributed by atoms with E-state index in [9.17, 15) is 4.79 Å². The van der Waals surface area contributed by atoms with Crippen molar-refractivity contribution in [3.05, 3.63) is 59.4 Å². The molecule has 1 saturated heterocycles. The Kier molecular flexibility index (Phi) is 5.67. The lowest BCUT2D eigenvalue weighted by molar-refractivity contribution is 0.102.